The van der Waals surface area contributed by atoms with Gasteiger partial charge in [0, 0.05) is 16.5 Å². The molecule has 3 aromatic rings. The fourth-order valence-electron chi connectivity index (χ4n) is 2.90. The van der Waals surface area contributed by atoms with Crippen molar-refractivity contribution in [2.24, 2.45) is 0 Å². The molecule has 0 aliphatic carbocycles. The maximum Gasteiger partial charge on any atom is 0.214 e. The lowest BCUT2D eigenvalue weighted by Crippen LogP contribution is -2.18. The zero-order chi connectivity index (χ0) is 19.5. The van der Waals surface area contributed by atoms with Crippen LogP contribution < -0.4 is 19.6 Å². The standard InChI is InChI=1S/C20H20N4O3S/c1-4-27-15-8-5-13(6-9-15)16-12-28-20-22-21-19(24(20)23-16)14-7-10-17(25-2)18(11-14)26-3/h5-12,23H,4H2,1-3H3. The van der Waals surface area contributed by atoms with Gasteiger partial charge < -0.3 is 14.2 Å². The number of thioether (sulfide) groups is 1. The highest BCUT2D eigenvalue weighted by Crippen LogP contribution is 2.35. The molecular formula is C20H20N4O3S. The van der Waals surface area contributed by atoms with Crippen molar-refractivity contribution in [1.82, 2.24) is 14.9 Å². The van der Waals surface area contributed by atoms with Crippen molar-refractivity contribution in [3.8, 4) is 28.6 Å². The number of rotatable bonds is 6. The average Bonchev–Trinajstić information content (AvgIpc) is 3.17. The van der Waals surface area contributed by atoms with Crippen LogP contribution in [0.25, 0.3) is 17.1 Å². The first-order chi connectivity index (χ1) is 13.7. The molecule has 1 aliphatic rings. The Labute approximate surface area is 167 Å². The molecule has 0 amide bonds. The Kier molecular flexibility index (Phi) is 5.12. The first-order valence-electron chi connectivity index (χ1n) is 8.78. The topological polar surface area (TPSA) is 70.4 Å². The lowest BCUT2D eigenvalue weighted by atomic mass is 10.1. The van der Waals surface area contributed by atoms with E-state index in [1.54, 1.807) is 14.2 Å². The van der Waals surface area contributed by atoms with Crippen molar-refractivity contribution < 1.29 is 14.2 Å². The van der Waals surface area contributed by atoms with Crippen molar-refractivity contribution in [3.63, 3.8) is 0 Å². The molecule has 2 aromatic carbocycles. The highest BCUT2D eigenvalue weighted by Gasteiger charge is 2.20. The summed E-state index contributed by atoms with van der Waals surface area (Å²) in [6, 6.07) is 13.6. The molecule has 4 rings (SSSR count). The number of hydrogen-bond acceptors (Lipinski definition) is 7. The monoisotopic (exact) mass is 396 g/mol. The van der Waals surface area contributed by atoms with E-state index in [2.05, 4.69) is 15.6 Å². The molecular weight excluding hydrogens is 376 g/mol. The van der Waals surface area contributed by atoms with Crippen molar-refractivity contribution in [3.05, 3.63) is 53.4 Å². The van der Waals surface area contributed by atoms with Gasteiger partial charge in [-0.1, -0.05) is 11.8 Å². The van der Waals surface area contributed by atoms with E-state index in [-0.39, 0.29) is 0 Å². The number of nitrogens with zero attached hydrogens (tertiary/aromatic N) is 3. The van der Waals surface area contributed by atoms with Crippen molar-refractivity contribution in [1.29, 1.82) is 0 Å². The van der Waals surface area contributed by atoms with Gasteiger partial charge in [0.25, 0.3) is 0 Å². The fourth-order valence-corrected chi connectivity index (χ4v) is 3.64. The van der Waals surface area contributed by atoms with Crippen LogP contribution in [0.1, 0.15) is 12.5 Å². The Hall–Kier alpha value is -3.13. The minimum Gasteiger partial charge on any atom is -0.494 e. The highest BCUT2D eigenvalue weighted by atomic mass is 32.2. The zero-order valence-corrected chi connectivity index (χ0v) is 16.6. The third-order valence-electron chi connectivity index (χ3n) is 4.27. The summed E-state index contributed by atoms with van der Waals surface area (Å²) in [5.41, 5.74) is 6.28. The van der Waals surface area contributed by atoms with Gasteiger partial charge in [-0.2, -0.15) is 0 Å². The SMILES string of the molecule is CCOc1ccc(C2=CSc3nnc(-c4ccc(OC)c(OC)c4)n3N2)cc1. The molecule has 0 saturated heterocycles. The van der Waals surface area contributed by atoms with Gasteiger partial charge >= 0.3 is 0 Å². The third-order valence-corrected chi connectivity index (χ3v) is 5.09. The van der Waals surface area contributed by atoms with Crippen LogP contribution in [0.5, 0.6) is 17.2 Å². The Balaban J connectivity index is 1.63. The molecule has 1 N–H and O–H groups in total. The van der Waals surface area contributed by atoms with Crippen LogP contribution in [0.2, 0.25) is 0 Å². The molecule has 28 heavy (non-hydrogen) atoms. The van der Waals surface area contributed by atoms with E-state index in [4.69, 9.17) is 14.2 Å². The minimum atomic E-state index is 0.642. The van der Waals surface area contributed by atoms with E-state index in [0.717, 1.165) is 27.7 Å². The summed E-state index contributed by atoms with van der Waals surface area (Å²) in [5.74, 6) is 2.86. The van der Waals surface area contributed by atoms with Gasteiger partial charge in [-0.3, -0.25) is 5.43 Å². The second kappa shape index (κ2) is 7.85. The second-order valence-corrected chi connectivity index (χ2v) is 6.77. The lowest BCUT2D eigenvalue weighted by Gasteiger charge is -2.19. The normalized spacial score (nSPS) is 12.6. The Morgan fingerprint density at radius 2 is 1.71 bits per heavy atom. The predicted molar refractivity (Wildman–Crippen MR) is 109 cm³/mol. The summed E-state index contributed by atoms with van der Waals surface area (Å²) in [7, 11) is 3.23. The van der Waals surface area contributed by atoms with Crippen molar-refractivity contribution >= 4 is 17.5 Å². The number of fused-ring (bicyclic) bond motifs is 1. The van der Waals surface area contributed by atoms with Crippen LogP contribution in [0.4, 0.5) is 0 Å². The summed E-state index contributed by atoms with van der Waals surface area (Å²) in [4.78, 5) is 0. The molecule has 7 nitrogen and oxygen atoms in total. The van der Waals surface area contributed by atoms with Crippen LogP contribution in [0.15, 0.2) is 53.0 Å². The number of nitrogens with one attached hydrogen (secondary N) is 1. The third kappa shape index (κ3) is 3.38. The van der Waals surface area contributed by atoms with E-state index < -0.39 is 0 Å². The van der Waals surface area contributed by atoms with E-state index in [1.807, 2.05) is 59.5 Å². The largest absolute Gasteiger partial charge is 0.494 e. The number of hydrogen-bond donors (Lipinski definition) is 1. The van der Waals surface area contributed by atoms with Crippen LogP contribution in [0, 0.1) is 0 Å². The predicted octanol–water partition coefficient (Wildman–Crippen LogP) is 4.01. The maximum atomic E-state index is 5.52. The molecule has 0 spiro atoms. The molecule has 0 bridgehead atoms. The van der Waals surface area contributed by atoms with Crippen molar-refractivity contribution in [2.75, 3.05) is 26.3 Å². The molecule has 0 atom stereocenters. The minimum absolute atomic E-state index is 0.642. The van der Waals surface area contributed by atoms with Crippen LogP contribution in [0.3, 0.4) is 0 Å². The zero-order valence-electron chi connectivity index (χ0n) is 15.8. The highest BCUT2D eigenvalue weighted by molar-refractivity contribution is 8.02. The van der Waals surface area contributed by atoms with Gasteiger partial charge in [0.15, 0.2) is 17.3 Å². The Bertz CT molecular complexity index is 1010. The maximum absolute atomic E-state index is 5.52. The summed E-state index contributed by atoms with van der Waals surface area (Å²) in [6.07, 6.45) is 0. The molecule has 0 radical (unpaired) electrons. The van der Waals surface area contributed by atoms with E-state index in [1.165, 1.54) is 11.8 Å². The van der Waals surface area contributed by atoms with Crippen LogP contribution in [-0.2, 0) is 0 Å². The average molecular weight is 396 g/mol. The molecule has 1 aliphatic heterocycles. The summed E-state index contributed by atoms with van der Waals surface area (Å²) in [6.45, 7) is 2.62. The van der Waals surface area contributed by atoms with Gasteiger partial charge in [0.2, 0.25) is 5.16 Å². The molecule has 8 heteroatoms. The van der Waals surface area contributed by atoms with Gasteiger partial charge in [-0.05, 0) is 49.4 Å². The van der Waals surface area contributed by atoms with Gasteiger partial charge in [-0.25, -0.2) is 4.68 Å². The molecule has 2 heterocycles. The molecule has 144 valence electrons. The summed E-state index contributed by atoms with van der Waals surface area (Å²) >= 11 is 1.52. The molecule has 0 unspecified atom stereocenters. The second-order valence-electron chi connectivity index (χ2n) is 5.93. The molecule has 0 saturated carbocycles. The Morgan fingerprint density at radius 1 is 0.964 bits per heavy atom. The quantitative estimate of drug-likeness (QED) is 0.675. The van der Waals surface area contributed by atoms with Gasteiger partial charge in [0.05, 0.1) is 26.5 Å². The summed E-state index contributed by atoms with van der Waals surface area (Å²) in [5, 5.41) is 11.4. The number of methoxy groups -OCH3 is 2. The van der Waals surface area contributed by atoms with E-state index in [0.29, 0.717) is 23.9 Å². The fraction of sp³-hybridized carbons (Fsp3) is 0.200. The Morgan fingerprint density at radius 3 is 2.43 bits per heavy atom. The van der Waals surface area contributed by atoms with E-state index in [9.17, 15) is 0 Å². The lowest BCUT2D eigenvalue weighted by molar-refractivity contribution is 0.340. The van der Waals surface area contributed by atoms with Gasteiger partial charge in [-0.15, -0.1) is 10.2 Å². The molecule has 0 fully saturated rings. The molecule has 1 aromatic heterocycles. The van der Waals surface area contributed by atoms with Crippen LogP contribution >= 0.6 is 11.8 Å². The van der Waals surface area contributed by atoms with Gasteiger partial charge in [0.1, 0.15) is 5.75 Å². The van der Waals surface area contributed by atoms with Crippen LogP contribution in [-0.4, -0.2) is 35.7 Å². The van der Waals surface area contributed by atoms with E-state index >= 15 is 0 Å². The number of aromatic nitrogens is 3. The summed E-state index contributed by atoms with van der Waals surface area (Å²) < 4.78 is 18.1. The number of ether oxygens (including phenoxy) is 3. The van der Waals surface area contributed by atoms with Crippen molar-refractivity contribution in [2.45, 2.75) is 12.1 Å². The smallest absolute Gasteiger partial charge is 0.214 e. The first kappa shape index (κ1) is 18.2. The first-order valence-corrected chi connectivity index (χ1v) is 9.66. The number of benzene rings is 2.